The van der Waals surface area contributed by atoms with E-state index in [0.717, 1.165) is 43.8 Å². The molecule has 0 saturated carbocycles. The number of fused-ring (bicyclic) bond motifs is 2. The Labute approximate surface area is 175 Å². The average molecular weight is 406 g/mol. The SMILES string of the molecule is CC1([C@@H]2CC[C@H]3OC4(CCN(c5ncnn6ccnc56)CC4)C(=O)N23)C=CC=CC1. The Hall–Kier alpha value is -2.74. The first-order chi connectivity index (χ1) is 14.6. The molecule has 1 spiro atoms. The Bertz CT molecular complexity index is 1050. The first-order valence-corrected chi connectivity index (χ1v) is 10.8. The van der Waals surface area contributed by atoms with Gasteiger partial charge in [0.15, 0.2) is 17.1 Å². The van der Waals surface area contributed by atoms with Gasteiger partial charge in [-0.05, 0) is 19.3 Å². The lowest BCUT2D eigenvalue weighted by Gasteiger charge is -2.40. The summed E-state index contributed by atoms with van der Waals surface area (Å²) < 4.78 is 8.24. The summed E-state index contributed by atoms with van der Waals surface area (Å²) in [6.45, 7) is 3.71. The molecule has 2 aromatic rings. The molecule has 3 atom stereocenters. The number of rotatable bonds is 2. The summed E-state index contributed by atoms with van der Waals surface area (Å²) in [5, 5.41) is 4.20. The van der Waals surface area contributed by atoms with Gasteiger partial charge in [0.25, 0.3) is 5.91 Å². The van der Waals surface area contributed by atoms with E-state index in [-0.39, 0.29) is 23.6 Å². The van der Waals surface area contributed by atoms with Crippen LogP contribution in [0, 0.1) is 5.41 Å². The van der Waals surface area contributed by atoms with Crippen molar-refractivity contribution in [1.82, 2.24) is 24.5 Å². The fourth-order valence-electron chi connectivity index (χ4n) is 5.73. The largest absolute Gasteiger partial charge is 0.353 e. The van der Waals surface area contributed by atoms with Gasteiger partial charge < -0.3 is 14.5 Å². The highest BCUT2D eigenvalue weighted by molar-refractivity contribution is 5.88. The summed E-state index contributed by atoms with van der Waals surface area (Å²) in [6, 6.07) is 0.208. The van der Waals surface area contributed by atoms with E-state index in [1.165, 1.54) is 0 Å². The molecule has 6 rings (SSSR count). The third-order valence-electron chi connectivity index (χ3n) is 7.41. The van der Waals surface area contributed by atoms with E-state index in [4.69, 9.17) is 4.74 Å². The van der Waals surface area contributed by atoms with E-state index >= 15 is 0 Å². The number of hydrogen-bond acceptors (Lipinski definition) is 6. The number of carbonyl (C=O) groups excluding carboxylic acids is 1. The minimum absolute atomic E-state index is 0.0119. The van der Waals surface area contributed by atoms with Crippen molar-refractivity contribution in [3.63, 3.8) is 0 Å². The van der Waals surface area contributed by atoms with Gasteiger partial charge in [-0.2, -0.15) is 5.10 Å². The molecule has 8 nitrogen and oxygen atoms in total. The Morgan fingerprint density at radius 2 is 2.03 bits per heavy atom. The number of piperidine rings is 1. The van der Waals surface area contributed by atoms with Gasteiger partial charge in [-0.25, -0.2) is 14.5 Å². The van der Waals surface area contributed by atoms with Crippen LogP contribution in [0.25, 0.3) is 5.65 Å². The highest BCUT2D eigenvalue weighted by atomic mass is 16.6. The number of anilines is 1. The van der Waals surface area contributed by atoms with Crippen molar-refractivity contribution in [3.05, 3.63) is 43.0 Å². The number of allylic oxidation sites excluding steroid dienone is 3. The van der Waals surface area contributed by atoms with Gasteiger partial charge in [0.1, 0.15) is 12.6 Å². The van der Waals surface area contributed by atoms with Crippen LogP contribution < -0.4 is 4.90 Å². The minimum atomic E-state index is -0.691. The van der Waals surface area contributed by atoms with E-state index < -0.39 is 5.60 Å². The first-order valence-electron chi connectivity index (χ1n) is 10.8. The standard InChI is InChI=1S/C22H26N6O2/c1-21(7-3-2-4-8-21)16-5-6-17-28(16)20(29)22(30-17)9-12-26(13-10-22)18-19-23-11-14-27(19)25-15-24-18/h2-4,7,11,14-17H,5-6,8-10,12-13H2,1H3/t16-,17+,21?/m0/s1. The van der Waals surface area contributed by atoms with Crippen LogP contribution in [0.1, 0.15) is 39.0 Å². The zero-order valence-corrected chi connectivity index (χ0v) is 17.1. The van der Waals surface area contributed by atoms with Crippen LogP contribution in [-0.2, 0) is 9.53 Å². The van der Waals surface area contributed by atoms with Crippen molar-refractivity contribution in [2.24, 2.45) is 5.41 Å². The molecule has 1 unspecified atom stereocenters. The molecule has 0 N–H and O–H groups in total. The second-order valence-corrected chi connectivity index (χ2v) is 9.14. The predicted octanol–water partition coefficient (Wildman–Crippen LogP) is 2.33. The van der Waals surface area contributed by atoms with Crippen LogP contribution >= 0.6 is 0 Å². The zero-order valence-electron chi connectivity index (χ0n) is 17.1. The summed E-state index contributed by atoms with van der Waals surface area (Å²) in [5.41, 5.74) is 0.0448. The lowest BCUT2D eigenvalue weighted by atomic mass is 9.75. The lowest BCUT2D eigenvalue weighted by molar-refractivity contribution is -0.141. The molecule has 30 heavy (non-hydrogen) atoms. The Balaban J connectivity index is 1.22. The van der Waals surface area contributed by atoms with Gasteiger partial charge in [-0.3, -0.25) is 4.79 Å². The predicted molar refractivity (Wildman–Crippen MR) is 111 cm³/mol. The van der Waals surface area contributed by atoms with Crippen molar-refractivity contribution in [1.29, 1.82) is 0 Å². The number of carbonyl (C=O) groups is 1. The molecule has 0 aromatic carbocycles. The van der Waals surface area contributed by atoms with Crippen LogP contribution in [-0.4, -0.2) is 61.3 Å². The molecule has 0 radical (unpaired) electrons. The van der Waals surface area contributed by atoms with Gasteiger partial charge >= 0.3 is 0 Å². The van der Waals surface area contributed by atoms with Crippen LogP contribution in [0.2, 0.25) is 0 Å². The minimum Gasteiger partial charge on any atom is -0.353 e. The van der Waals surface area contributed by atoms with E-state index in [2.05, 4.69) is 56.1 Å². The van der Waals surface area contributed by atoms with Gasteiger partial charge in [0.2, 0.25) is 0 Å². The van der Waals surface area contributed by atoms with E-state index in [9.17, 15) is 4.79 Å². The molecule has 3 aliphatic heterocycles. The number of nitrogens with zero attached hydrogens (tertiary/aromatic N) is 6. The highest BCUT2D eigenvalue weighted by Crippen LogP contribution is 2.49. The van der Waals surface area contributed by atoms with Gasteiger partial charge in [-0.1, -0.05) is 31.2 Å². The van der Waals surface area contributed by atoms with E-state index in [1.54, 1.807) is 17.0 Å². The Morgan fingerprint density at radius 3 is 2.83 bits per heavy atom. The summed E-state index contributed by atoms with van der Waals surface area (Å²) in [5.74, 6) is 1.01. The number of hydrogen-bond donors (Lipinski definition) is 0. The fourth-order valence-corrected chi connectivity index (χ4v) is 5.73. The molecular formula is C22H26N6O2. The average Bonchev–Trinajstić information content (AvgIpc) is 3.46. The van der Waals surface area contributed by atoms with Gasteiger partial charge in [-0.15, -0.1) is 0 Å². The molecule has 8 heteroatoms. The molecule has 3 fully saturated rings. The number of imidazole rings is 1. The summed E-state index contributed by atoms with van der Waals surface area (Å²) in [4.78, 5) is 26.8. The first kappa shape index (κ1) is 18.1. The fraction of sp³-hybridized carbons (Fsp3) is 0.545. The third-order valence-corrected chi connectivity index (χ3v) is 7.41. The van der Waals surface area contributed by atoms with Crippen molar-refractivity contribution in [2.75, 3.05) is 18.0 Å². The normalized spacial score (nSPS) is 32.5. The summed E-state index contributed by atoms with van der Waals surface area (Å²) in [6.07, 6.45) is 18.0. The molecular weight excluding hydrogens is 380 g/mol. The molecule has 1 amide bonds. The second kappa shape index (κ2) is 6.38. The van der Waals surface area contributed by atoms with Crippen molar-refractivity contribution < 1.29 is 9.53 Å². The molecule has 0 bridgehead atoms. The molecule has 1 aliphatic carbocycles. The Morgan fingerprint density at radius 1 is 1.17 bits per heavy atom. The topological polar surface area (TPSA) is 75.9 Å². The van der Waals surface area contributed by atoms with Crippen LogP contribution in [0.5, 0.6) is 0 Å². The monoisotopic (exact) mass is 406 g/mol. The van der Waals surface area contributed by atoms with E-state index in [0.29, 0.717) is 12.8 Å². The number of amides is 1. The lowest BCUT2D eigenvalue weighted by Crippen LogP contribution is -2.53. The van der Waals surface area contributed by atoms with Crippen LogP contribution in [0.15, 0.2) is 43.0 Å². The molecule has 3 saturated heterocycles. The summed E-state index contributed by atoms with van der Waals surface area (Å²) in [7, 11) is 0. The zero-order chi connectivity index (χ0) is 20.3. The molecule has 156 valence electrons. The van der Waals surface area contributed by atoms with Gasteiger partial charge in [0, 0.05) is 49.8 Å². The maximum Gasteiger partial charge on any atom is 0.257 e. The molecule has 4 aliphatic rings. The van der Waals surface area contributed by atoms with Gasteiger partial charge in [0.05, 0.1) is 0 Å². The van der Waals surface area contributed by atoms with Crippen LogP contribution in [0.4, 0.5) is 5.82 Å². The molecule has 2 aromatic heterocycles. The number of ether oxygens (including phenoxy) is 1. The quantitative estimate of drug-likeness (QED) is 0.762. The second-order valence-electron chi connectivity index (χ2n) is 9.14. The van der Waals surface area contributed by atoms with Crippen LogP contribution in [0.3, 0.4) is 0 Å². The van der Waals surface area contributed by atoms with Crippen molar-refractivity contribution in [3.8, 4) is 0 Å². The maximum atomic E-state index is 13.7. The third kappa shape index (κ3) is 2.49. The van der Waals surface area contributed by atoms with Crippen molar-refractivity contribution in [2.45, 2.75) is 56.9 Å². The highest BCUT2D eigenvalue weighted by Gasteiger charge is 2.60. The maximum absolute atomic E-state index is 13.7. The summed E-state index contributed by atoms with van der Waals surface area (Å²) >= 11 is 0. The number of aromatic nitrogens is 4. The smallest absolute Gasteiger partial charge is 0.257 e. The molecule has 5 heterocycles. The van der Waals surface area contributed by atoms with Crippen molar-refractivity contribution >= 4 is 17.4 Å². The Kier molecular flexibility index (Phi) is 3.84. The van der Waals surface area contributed by atoms with E-state index in [1.807, 2.05) is 6.20 Å².